The zero-order valence-electron chi connectivity index (χ0n) is 23.9. The number of fused-ring (bicyclic) bond motifs is 1. The van der Waals surface area contributed by atoms with Gasteiger partial charge in [-0.05, 0) is 43.4 Å². The summed E-state index contributed by atoms with van der Waals surface area (Å²) in [4.78, 5) is 46.4. The van der Waals surface area contributed by atoms with E-state index < -0.39 is 34.6 Å². The second-order valence-electron chi connectivity index (χ2n) is 11.2. The number of carbonyl (C=O) groups excluding carboxylic acids is 3. The summed E-state index contributed by atoms with van der Waals surface area (Å²) in [6.07, 6.45) is 4.41. The van der Waals surface area contributed by atoms with Gasteiger partial charge in [-0.2, -0.15) is 0 Å². The molecule has 0 saturated carbocycles. The SMILES string of the molecule is C=CCCOC(=O)[C@H]1[C@@H]2SC3(CC2Br)C(C(=O)N(CC=C)c2c(C)cccc2C)N([C@H](CO)c2ccccc2)C(=O)[C@H]13. The lowest BCUT2D eigenvalue weighted by molar-refractivity contribution is -0.154. The van der Waals surface area contributed by atoms with E-state index in [9.17, 15) is 14.7 Å². The van der Waals surface area contributed by atoms with Gasteiger partial charge in [-0.15, -0.1) is 24.9 Å². The van der Waals surface area contributed by atoms with Gasteiger partial charge < -0.3 is 19.6 Å². The molecule has 42 heavy (non-hydrogen) atoms. The molecule has 0 radical (unpaired) electrons. The minimum atomic E-state index is -0.924. The summed E-state index contributed by atoms with van der Waals surface area (Å²) in [7, 11) is 0. The molecular formula is C33H37BrN2O5S. The predicted octanol–water partition coefficient (Wildman–Crippen LogP) is 5.14. The van der Waals surface area contributed by atoms with E-state index in [-0.39, 0.29) is 41.6 Å². The number of rotatable bonds is 11. The number of para-hydroxylation sites is 1. The Hall–Kier alpha value is -2.88. The van der Waals surface area contributed by atoms with E-state index in [1.807, 2.05) is 62.4 Å². The van der Waals surface area contributed by atoms with E-state index >= 15 is 4.79 Å². The number of aliphatic hydroxyl groups is 1. The van der Waals surface area contributed by atoms with Crippen LogP contribution in [0.25, 0.3) is 0 Å². The zero-order valence-corrected chi connectivity index (χ0v) is 26.4. The van der Waals surface area contributed by atoms with Gasteiger partial charge in [-0.3, -0.25) is 14.4 Å². The van der Waals surface area contributed by atoms with Crippen LogP contribution in [-0.2, 0) is 19.1 Å². The van der Waals surface area contributed by atoms with Crippen molar-refractivity contribution in [1.29, 1.82) is 0 Å². The highest BCUT2D eigenvalue weighted by Gasteiger charge is 2.76. The number of amides is 2. The van der Waals surface area contributed by atoms with Crippen LogP contribution < -0.4 is 4.90 Å². The van der Waals surface area contributed by atoms with Gasteiger partial charge in [0.1, 0.15) is 6.04 Å². The third kappa shape index (κ3) is 4.93. The zero-order chi connectivity index (χ0) is 30.2. The molecule has 2 bridgehead atoms. The van der Waals surface area contributed by atoms with Crippen LogP contribution in [0.5, 0.6) is 0 Å². The van der Waals surface area contributed by atoms with Crippen LogP contribution >= 0.6 is 27.7 Å². The Bertz CT molecular complexity index is 1370. The molecule has 3 fully saturated rings. The lowest BCUT2D eigenvalue weighted by atomic mass is 9.71. The molecule has 7 nitrogen and oxygen atoms in total. The van der Waals surface area contributed by atoms with Gasteiger partial charge in [0, 0.05) is 22.3 Å². The Morgan fingerprint density at radius 1 is 1.17 bits per heavy atom. The van der Waals surface area contributed by atoms with E-state index in [4.69, 9.17) is 4.74 Å². The van der Waals surface area contributed by atoms with Gasteiger partial charge in [-0.1, -0.05) is 76.6 Å². The van der Waals surface area contributed by atoms with Crippen molar-refractivity contribution in [3.8, 4) is 0 Å². The highest BCUT2D eigenvalue weighted by atomic mass is 79.9. The second-order valence-corrected chi connectivity index (χ2v) is 14.0. The molecule has 1 spiro atoms. The molecule has 3 unspecified atom stereocenters. The minimum Gasteiger partial charge on any atom is -0.465 e. The molecule has 2 aromatic rings. The maximum atomic E-state index is 15.0. The average Bonchev–Trinajstić information content (AvgIpc) is 3.57. The van der Waals surface area contributed by atoms with E-state index in [0.717, 1.165) is 22.4 Å². The number of aryl methyl sites for hydroxylation is 2. The van der Waals surface area contributed by atoms with Crippen molar-refractivity contribution in [2.24, 2.45) is 11.8 Å². The molecule has 5 rings (SSSR count). The molecule has 222 valence electrons. The number of aliphatic hydroxyl groups excluding tert-OH is 1. The average molecular weight is 654 g/mol. The molecule has 3 heterocycles. The number of ether oxygens (including phenoxy) is 1. The normalized spacial score (nSPS) is 28.3. The van der Waals surface area contributed by atoms with Gasteiger partial charge in [0.25, 0.3) is 5.91 Å². The number of nitrogens with zero attached hydrogens (tertiary/aromatic N) is 2. The van der Waals surface area contributed by atoms with E-state index in [1.54, 1.807) is 33.7 Å². The van der Waals surface area contributed by atoms with Crippen LogP contribution in [0.3, 0.4) is 0 Å². The van der Waals surface area contributed by atoms with E-state index in [1.165, 1.54) is 0 Å². The highest BCUT2D eigenvalue weighted by molar-refractivity contribution is 9.09. The molecule has 3 aliphatic rings. The molecule has 2 amide bonds. The third-order valence-electron chi connectivity index (χ3n) is 8.78. The summed E-state index contributed by atoms with van der Waals surface area (Å²) in [5.41, 5.74) is 3.37. The van der Waals surface area contributed by atoms with E-state index in [2.05, 4.69) is 29.1 Å². The largest absolute Gasteiger partial charge is 0.465 e. The van der Waals surface area contributed by atoms with Crippen LogP contribution in [0.2, 0.25) is 0 Å². The number of hydrogen-bond donors (Lipinski definition) is 1. The smallest absolute Gasteiger partial charge is 0.310 e. The number of thioether (sulfide) groups is 1. The van der Waals surface area contributed by atoms with Crippen LogP contribution in [0.15, 0.2) is 73.8 Å². The molecule has 0 aliphatic carbocycles. The first-order chi connectivity index (χ1) is 20.2. The number of halogens is 1. The fourth-order valence-corrected chi connectivity index (χ4v) is 10.7. The minimum absolute atomic E-state index is 0.0869. The number of likely N-dealkylation sites (tertiary alicyclic amines) is 1. The summed E-state index contributed by atoms with van der Waals surface area (Å²) in [6.45, 7) is 11.6. The van der Waals surface area contributed by atoms with E-state index in [0.29, 0.717) is 12.8 Å². The second kappa shape index (κ2) is 12.4. The topological polar surface area (TPSA) is 87.2 Å². The van der Waals surface area contributed by atoms with Crippen molar-refractivity contribution < 1.29 is 24.2 Å². The lowest BCUT2D eigenvalue weighted by Gasteiger charge is -2.40. The maximum Gasteiger partial charge on any atom is 0.310 e. The van der Waals surface area contributed by atoms with Crippen molar-refractivity contribution in [3.63, 3.8) is 0 Å². The molecule has 2 aromatic carbocycles. The van der Waals surface area contributed by atoms with Gasteiger partial charge in [0.2, 0.25) is 5.91 Å². The first-order valence-electron chi connectivity index (χ1n) is 14.3. The Kier molecular flexibility index (Phi) is 9.02. The number of benzene rings is 2. The molecule has 0 aromatic heterocycles. The highest BCUT2D eigenvalue weighted by Crippen LogP contribution is 2.68. The third-order valence-corrected chi connectivity index (χ3v) is 12.0. The fraction of sp³-hybridized carbons (Fsp3) is 0.424. The lowest BCUT2D eigenvalue weighted by Crippen LogP contribution is -2.56. The van der Waals surface area contributed by atoms with Gasteiger partial charge >= 0.3 is 5.97 Å². The van der Waals surface area contributed by atoms with Gasteiger partial charge in [0.15, 0.2) is 0 Å². The summed E-state index contributed by atoms with van der Waals surface area (Å²) in [6, 6.07) is 13.5. The standard InChI is InChI=1S/C33H37BrN2O5S/c1-5-7-17-41-32(40)25-26-30(38)36(24(19-37)22-14-9-8-10-15-22)29(33(26)18-23(34)28(25)42-33)31(39)35(16-6-2)27-20(3)12-11-13-21(27)4/h5-6,8-15,23-26,28-29,37H,1-2,7,16-19H2,3-4H3/t23?,24-,25-,26+,28-,29?,33?/m1/s1. The van der Waals surface area contributed by atoms with Crippen molar-refractivity contribution in [2.45, 2.75) is 53.6 Å². The summed E-state index contributed by atoms with van der Waals surface area (Å²) >= 11 is 5.36. The van der Waals surface area contributed by atoms with Crippen LogP contribution in [0, 0.1) is 25.7 Å². The van der Waals surface area contributed by atoms with Crippen LogP contribution in [0.4, 0.5) is 5.69 Å². The Morgan fingerprint density at radius 2 is 1.86 bits per heavy atom. The molecular weight excluding hydrogens is 616 g/mol. The predicted molar refractivity (Wildman–Crippen MR) is 170 cm³/mol. The molecule has 7 atom stereocenters. The molecule has 1 N–H and O–H groups in total. The maximum absolute atomic E-state index is 15.0. The monoisotopic (exact) mass is 652 g/mol. The fourth-order valence-electron chi connectivity index (χ4n) is 7.12. The molecule has 9 heteroatoms. The van der Waals surface area contributed by atoms with Crippen molar-refractivity contribution in [3.05, 3.63) is 90.5 Å². The summed E-state index contributed by atoms with van der Waals surface area (Å²) in [5.74, 6) is -2.44. The summed E-state index contributed by atoms with van der Waals surface area (Å²) in [5, 5.41) is 10.5. The van der Waals surface area contributed by atoms with Crippen molar-refractivity contribution in [1.82, 2.24) is 4.90 Å². The van der Waals surface area contributed by atoms with Crippen molar-refractivity contribution in [2.75, 3.05) is 24.7 Å². The number of esters is 1. The Morgan fingerprint density at radius 3 is 2.48 bits per heavy atom. The van der Waals surface area contributed by atoms with Crippen LogP contribution in [0.1, 0.15) is 35.6 Å². The molecule has 3 saturated heterocycles. The van der Waals surface area contributed by atoms with Gasteiger partial charge in [0.05, 0.1) is 35.8 Å². The quantitative estimate of drug-likeness (QED) is 0.157. The number of anilines is 1. The Balaban J connectivity index is 1.66. The number of alkyl halides is 1. The van der Waals surface area contributed by atoms with Crippen LogP contribution in [-0.4, -0.2) is 68.4 Å². The summed E-state index contributed by atoms with van der Waals surface area (Å²) < 4.78 is 4.76. The first-order valence-corrected chi connectivity index (χ1v) is 16.1. The van der Waals surface area contributed by atoms with Gasteiger partial charge in [-0.25, -0.2) is 0 Å². The number of carbonyl (C=O) groups is 3. The Labute approximate surface area is 260 Å². The van der Waals surface area contributed by atoms with Crippen molar-refractivity contribution >= 4 is 51.2 Å². The first kappa shape index (κ1) is 30.6. The molecule has 3 aliphatic heterocycles. The number of hydrogen-bond acceptors (Lipinski definition) is 6.